The van der Waals surface area contributed by atoms with E-state index in [2.05, 4.69) is 4.72 Å². The Morgan fingerprint density at radius 1 is 1.09 bits per heavy atom. The summed E-state index contributed by atoms with van der Waals surface area (Å²) in [5, 5.41) is 0.626. The molecule has 2 rings (SSSR count). The number of rotatable bonds is 5. The van der Waals surface area contributed by atoms with E-state index < -0.39 is 16.0 Å². The SMILES string of the molecule is CCOC(=O)c1ccc(S(=O)(=O)Nc2cc(Cl)cc(Cl)c2)cc1. The molecule has 0 amide bonds. The highest BCUT2D eigenvalue weighted by Gasteiger charge is 2.16. The van der Waals surface area contributed by atoms with E-state index in [1.54, 1.807) is 6.92 Å². The second-order valence-electron chi connectivity index (χ2n) is 4.51. The van der Waals surface area contributed by atoms with E-state index in [4.69, 9.17) is 27.9 Å². The summed E-state index contributed by atoms with van der Waals surface area (Å²) < 4.78 is 31.9. The molecule has 0 aliphatic heterocycles. The molecule has 0 aromatic heterocycles. The number of hydrogen-bond acceptors (Lipinski definition) is 4. The molecule has 0 atom stereocenters. The van der Waals surface area contributed by atoms with Gasteiger partial charge < -0.3 is 4.74 Å². The highest BCUT2D eigenvalue weighted by atomic mass is 35.5. The lowest BCUT2D eigenvalue weighted by molar-refractivity contribution is 0.0526. The average Bonchev–Trinajstić information content (AvgIpc) is 2.46. The molecule has 0 saturated heterocycles. The largest absolute Gasteiger partial charge is 0.462 e. The van der Waals surface area contributed by atoms with Crippen LogP contribution >= 0.6 is 23.2 Å². The van der Waals surface area contributed by atoms with Gasteiger partial charge in [0.25, 0.3) is 10.0 Å². The van der Waals surface area contributed by atoms with Crippen molar-refractivity contribution >= 4 is 44.9 Å². The molecular weight excluding hydrogens is 361 g/mol. The second-order valence-corrected chi connectivity index (χ2v) is 7.06. The number of carbonyl (C=O) groups is 1. The van der Waals surface area contributed by atoms with Gasteiger partial charge in [-0.25, -0.2) is 13.2 Å². The smallest absolute Gasteiger partial charge is 0.338 e. The molecule has 8 heteroatoms. The predicted octanol–water partition coefficient (Wildman–Crippen LogP) is 3.97. The van der Waals surface area contributed by atoms with Crippen LogP contribution < -0.4 is 4.72 Å². The second kappa shape index (κ2) is 7.21. The Labute approximate surface area is 144 Å². The highest BCUT2D eigenvalue weighted by Crippen LogP contribution is 2.24. The lowest BCUT2D eigenvalue weighted by Gasteiger charge is -2.09. The van der Waals surface area contributed by atoms with Crippen molar-refractivity contribution in [3.05, 3.63) is 58.1 Å². The maximum absolute atomic E-state index is 12.3. The third kappa shape index (κ3) is 4.60. The van der Waals surface area contributed by atoms with Gasteiger partial charge in [0.2, 0.25) is 0 Å². The number of anilines is 1. The Morgan fingerprint density at radius 2 is 1.65 bits per heavy atom. The molecule has 0 spiro atoms. The van der Waals surface area contributed by atoms with Gasteiger partial charge in [-0.2, -0.15) is 0 Å². The average molecular weight is 374 g/mol. The minimum atomic E-state index is -3.82. The van der Waals surface area contributed by atoms with Gasteiger partial charge in [0.1, 0.15) is 0 Å². The Kier molecular flexibility index (Phi) is 5.51. The molecular formula is C15H13Cl2NO4S. The van der Waals surface area contributed by atoms with Gasteiger partial charge in [0, 0.05) is 10.0 Å². The van der Waals surface area contributed by atoms with E-state index >= 15 is 0 Å². The number of sulfonamides is 1. The number of halogens is 2. The third-order valence-corrected chi connectivity index (χ3v) is 4.62. The topological polar surface area (TPSA) is 72.5 Å². The number of benzene rings is 2. The van der Waals surface area contributed by atoms with Crippen molar-refractivity contribution in [3.63, 3.8) is 0 Å². The third-order valence-electron chi connectivity index (χ3n) is 2.79. The molecule has 0 aliphatic carbocycles. The van der Waals surface area contributed by atoms with Crippen molar-refractivity contribution in [1.82, 2.24) is 0 Å². The van der Waals surface area contributed by atoms with Crippen molar-refractivity contribution in [2.45, 2.75) is 11.8 Å². The van der Waals surface area contributed by atoms with Crippen LogP contribution in [0.3, 0.4) is 0 Å². The first-order valence-corrected chi connectivity index (χ1v) is 8.82. The van der Waals surface area contributed by atoms with Gasteiger partial charge in [-0.05, 0) is 49.4 Å². The standard InChI is InChI=1S/C15H13Cl2NO4S/c1-2-22-15(19)10-3-5-14(6-4-10)23(20,21)18-13-8-11(16)7-12(17)9-13/h3-9,18H,2H2,1H3. The normalized spacial score (nSPS) is 11.1. The van der Waals surface area contributed by atoms with Gasteiger partial charge in [-0.3, -0.25) is 4.72 Å². The number of hydrogen-bond donors (Lipinski definition) is 1. The van der Waals surface area contributed by atoms with Crippen molar-refractivity contribution in [2.24, 2.45) is 0 Å². The van der Waals surface area contributed by atoms with Gasteiger partial charge in [0.15, 0.2) is 0 Å². The first-order chi connectivity index (χ1) is 10.8. The molecule has 0 radical (unpaired) electrons. The molecule has 0 heterocycles. The van der Waals surface area contributed by atoms with Crippen LogP contribution in [0.15, 0.2) is 47.4 Å². The summed E-state index contributed by atoms with van der Waals surface area (Å²) in [6.45, 7) is 1.94. The van der Waals surface area contributed by atoms with E-state index in [0.717, 1.165) is 0 Å². The van der Waals surface area contributed by atoms with Crippen molar-refractivity contribution in [3.8, 4) is 0 Å². The minimum absolute atomic E-state index is 0.00152. The van der Waals surface area contributed by atoms with Crippen LogP contribution in [0.5, 0.6) is 0 Å². The lowest BCUT2D eigenvalue weighted by Crippen LogP contribution is -2.13. The monoisotopic (exact) mass is 373 g/mol. The number of carbonyl (C=O) groups excluding carboxylic acids is 1. The summed E-state index contributed by atoms with van der Waals surface area (Å²) in [6, 6.07) is 9.79. The van der Waals surface area contributed by atoms with E-state index in [1.165, 1.54) is 42.5 Å². The maximum atomic E-state index is 12.3. The van der Waals surface area contributed by atoms with Gasteiger partial charge >= 0.3 is 5.97 Å². The zero-order valence-electron chi connectivity index (χ0n) is 12.0. The summed E-state index contributed by atoms with van der Waals surface area (Å²) >= 11 is 11.7. The molecule has 2 aromatic rings. The number of ether oxygens (including phenoxy) is 1. The number of nitrogens with one attached hydrogen (secondary N) is 1. The van der Waals surface area contributed by atoms with E-state index in [9.17, 15) is 13.2 Å². The molecule has 0 aliphatic rings. The Morgan fingerprint density at radius 3 is 2.17 bits per heavy atom. The molecule has 122 valence electrons. The quantitative estimate of drug-likeness (QED) is 0.804. The summed E-state index contributed by atoms with van der Waals surface area (Å²) in [4.78, 5) is 11.6. The fourth-order valence-electron chi connectivity index (χ4n) is 1.81. The van der Waals surface area contributed by atoms with Crippen LogP contribution in [0.2, 0.25) is 10.0 Å². The minimum Gasteiger partial charge on any atom is -0.462 e. The van der Waals surface area contributed by atoms with Crippen molar-refractivity contribution < 1.29 is 17.9 Å². The van der Waals surface area contributed by atoms with Crippen LogP contribution in [-0.2, 0) is 14.8 Å². The fraction of sp³-hybridized carbons (Fsp3) is 0.133. The van der Waals surface area contributed by atoms with Crippen molar-refractivity contribution in [2.75, 3.05) is 11.3 Å². The van der Waals surface area contributed by atoms with Gasteiger partial charge in [-0.1, -0.05) is 23.2 Å². The first-order valence-electron chi connectivity index (χ1n) is 6.58. The van der Waals surface area contributed by atoms with Gasteiger partial charge in [0.05, 0.1) is 22.8 Å². The molecule has 0 fully saturated rings. The summed E-state index contributed by atoms with van der Waals surface area (Å²) in [5.74, 6) is -0.508. The predicted molar refractivity (Wildman–Crippen MR) is 89.7 cm³/mol. The van der Waals surface area contributed by atoms with Crippen LogP contribution in [-0.4, -0.2) is 21.0 Å². The highest BCUT2D eigenvalue weighted by molar-refractivity contribution is 7.92. The molecule has 0 saturated carbocycles. The maximum Gasteiger partial charge on any atom is 0.338 e. The van der Waals surface area contributed by atoms with E-state index in [1.807, 2.05) is 0 Å². The zero-order valence-corrected chi connectivity index (χ0v) is 14.4. The Hall–Kier alpha value is -1.76. The summed E-state index contributed by atoms with van der Waals surface area (Å²) in [5.41, 5.74) is 0.522. The first kappa shape index (κ1) is 17.6. The zero-order chi connectivity index (χ0) is 17.0. The van der Waals surface area contributed by atoms with Crippen LogP contribution in [0.4, 0.5) is 5.69 Å². The van der Waals surface area contributed by atoms with Gasteiger partial charge in [-0.15, -0.1) is 0 Å². The lowest BCUT2D eigenvalue weighted by atomic mass is 10.2. The van der Waals surface area contributed by atoms with Crippen LogP contribution in [0.25, 0.3) is 0 Å². The molecule has 5 nitrogen and oxygen atoms in total. The number of esters is 1. The van der Waals surface area contributed by atoms with E-state index in [-0.39, 0.29) is 22.8 Å². The summed E-state index contributed by atoms with van der Waals surface area (Å²) in [6.07, 6.45) is 0. The van der Waals surface area contributed by atoms with Crippen LogP contribution in [0.1, 0.15) is 17.3 Å². The van der Waals surface area contributed by atoms with E-state index in [0.29, 0.717) is 10.0 Å². The molecule has 0 bridgehead atoms. The Balaban J connectivity index is 2.24. The Bertz CT molecular complexity index is 800. The van der Waals surface area contributed by atoms with Crippen molar-refractivity contribution in [1.29, 1.82) is 0 Å². The summed E-state index contributed by atoms with van der Waals surface area (Å²) in [7, 11) is -3.82. The molecule has 2 aromatic carbocycles. The molecule has 0 unspecified atom stereocenters. The molecule has 23 heavy (non-hydrogen) atoms. The van der Waals surface area contributed by atoms with Crippen LogP contribution in [0, 0.1) is 0 Å². The fourth-order valence-corrected chi connectivity index (χ4v) is 3.38. The molecule has 1 N–H and O–H groups in total.